The molecule has 18 heavy (non-hydrogen) atoms. The normalized spacial score (nSPS) is 13.8. The molecule has 1 fully saturated rings. The SMILES string of the molecule is O=C(NC1CC1)OB(O)c1cccc([N+](=O)[O-])c1. The van der Waals surface area contributed by atoms with Gasteiger partial charge in [-0.15, -0.1) is 0 Å². The molecule has 0 atom stereocenters. The lowest BCUT2D eigenvalue weighted by Gasteiger charge is -2.09. The van der Waals surface area contributed by atoms with Gasteiger partial charge in [-0.3, -0.25) is 10.1 Å². The van der Waals surface area contributed by atoms with Gasteiger partial charge in [-0.2, -0.15) is 0 Å². The van der Waals surface area contributed by atoms with Crippen LogP contribution in [0.3, 0.4) is 0 Å². The highest BCUT2D eigenvalue weighted by Crippen LogP contribution is 2.18. The molecule has 1 amide bonds. The summed E-state index contributed by atoms with van der Waals surface area (Å²) in [5.41, 5.74) is -0.00658. The van der Waals surface area contributed by atoms with Gasteiger partial charge < -0.3 is 15.0 Å². The van der Waals surface area contributed by atoms with E-state index in [4.69, 9.17) is 4.65 Å². The number of nitro groups is 1. The topological polar surface area (TPSA) is 102 Å². The lowest BCUT2D eigenvalue weighted by atomic mass is 9.79. The number of carbonyl (C=O) groups excluding carboxylic acids is 1. The van der Waals surface area contributed by atoms with Crippen molar-refractivity contribution < 1.29 is 19.4 Å². The Kier molecular flexibility index (Phi) is 3.47. The highest BCUT2D eigenvalue weighted by molar-refractivity contribution is 6.61. The van der Waals surface area contributed by atoms with Gasteiger partial charge in [0.1, 0.15) is 0 Å². The van der Waals surface area contributed by atoms with E-state index in [-0.39, 0.29) is 17.2 Å². The molecule has 2 N–H and O–H groups in total. The first-order valence-electron chi connectivity index (χ1n) is 5.46. The fraction of sp³-hybridized carbons (Fsp3) is 0.300. The number of nitrogens with zero attached hydrogens (tertiary/aromatic N) is 1. The second kappa shape index (κ2) is 5.05. The number of hydrogen-bond donors (Lipinski definition) is 2. The number of non-ortho nitro benzene ring substituents is 1. The monoisotopic (exact) mass is 250 g/mol. The van der Waals surface area contributed by atoms with Crippen LogP contribution in [0.1, 0.15) is 12.8 Å². The first kappa shape index (κ1) is 12.4. The van der Waals surface area contributed by atoms with E-state index >= 15 is 0 Å². The van der Waals surface area contributed by atoms with Crippen LogP contribution >= 0.6 is 0 Å². The molecule has 0 spiro atoms. The average molecular weight is 250 g/mol. The van der Waals surface area contributed by atoms with E-state index < -0.39 is 18.1 Å². The van der Waals surface area contributed by atoms with Gasteiger partial charge >= 0.3 is 13.2 Å². The van der Waals surface area contributed by atoms with Crippen molar-refractivity contribution >= 4 is 24.4 Å². The maximum Gasteiger partial charge on any atom is 0.563 e. The molecule has 0 saturated heterocycles. The first-order valence-corrected chi connectivity index (χ1v) is 5.46. The van der Waals surface area contributed by atoms with Crippen LogP contribution in [0.15, 0.2) is 24.3 Å². The molecule has 1 aromatic rings. The molecular formula is C10H11BN2O5. The number of rotatable bonds is 4. The molecular weight excluding hydrogens is 239 g/mol. The number of carbonyl (C=O) groups is 1. The van der Waals surface area contributed by atoms with Crippen molar-refractivity contribution in [1.29, 1.82) is 0 Å². The standard InChI is InChI=1S/C10H11BN2O5/c14-10(12-8-4-5-8)18-11(15)7-2-1-3-9(6-7)13(16)17/h1-3,6,8,15H,4-5H2,(H,12,14). The van der Waals surface area contributed by atoms with E-state index in [1.165, 1.54) is 18.2 Å². The summed E-state index contributed by atoms with van der Waals surface area (Å²) in [5, 5.41) is 22.7. The predicted octanol–water partition coefficient (Wildman–Crippen LogP) is 0.171. The largest absolute Gasteiger partial charge is 0.563 e. The van der Waals surface area contributed by atoms with E-state index in [9.17, 15) is 19.9 Å². The van der Waals surface area contributed by atoms with Gasteiger partial charge in [0.05, 0.1) is 4.92 Å². The smallest absolute Gasteiger partial charge is 0.489 e. The first-order chi connectivity index (χ1) is 8.56. The van der Waals surface area contributed by atoms with Gasteiger partial charge in [-0.25, -0.2) is 4.79 Å². The predicted molar refractivity (Wildman–Crippen MR) is 63.3 cm³/mol. The summed E-state index contributed by atoms with van der Waals surface area (Å²) in [6, 6.07) is 5.44. The Labute approximate surface area is 103 Å². The second-order valence-corrected chi connectivity index (χ2v) is 4.03. The van der Waals surface area contributed by atoms with E-state index in [2.05, 4.69) is 5.32 Å². The number of benzene rings is 1. The van der Waals surface area contributed by atoms with Gasteiger partial charge in [0.25, 0.3) is 5.69 Å². The van der Waals surface area contributed by atoms with E-state index in [1.807, 2.05) is 0 Å². The Morgan fingerprint density at radius 3 is 2.89 bits per heavy atom. The molecule has 1 aliphatic rings. The van der Waals surface area contributed by atoms with Crippen LogP contribution in [0.5, 0.6) is 0 Å². The number of nitrogens with one attached hydrogen (secondary N) is 1. The minimum atomic E-state index is -1.51. The van der Waals surface area contributed by atoms with Crippen LogP contribution in [0.4, 0.5) is 10.5 Å². The molecule has 0 unspecified atom stereocenters. The molecule has 1 saturated carbocycles. The summed E-state index contributed by atoms with van der Waals surface area (Å²) in [5.74, 6) is 0. The van der Waals surface area contributed by atoms with Crippen molar-refractivity contribution in [3.63, 3.8) is 0 Å². The maximum absolute atomic E-state index is 11.3. The zero-order valence-electron chi connectivity index (χ0n) is 9.41. The Bertz CT molecular complexity index is 477. The van der Waals surface area contributed by atoms with Crippen molar-refractivity contribution in [2.45, 2.75) is 18.9 Å². The minimum absolute atomic E-state index is 0.120. The highest BCUT2D eigenvalue weighted by atomic mass is 16.6. The van der Waals surface area contributed by atoms with Gasteiger partial charge in [-0.05, 0) is 12.8 Å². The van der Waals surface area contributed by atoms with Gasteiger partial charge in [0.2, 0.25) is 0 Å². The van der Waals surface area contributed by atoms with E-state index in [0.29, 0.717) is 0 Å². The summed E-state index contributed by atoms with van der Waals surface area (Å²) in [6.07, 6.45) is 1.08. The summed E-state index contributed by atoms with van der Waals surface area (Å²) >= 11 is 0. The van der Waals surface area contributed by atoms with Gasteiger partial charge in [-0.1, -0.05) is 12.1 Å². The zero-order valence-corrected chi connectivity index (χ0v) is 9.41. The van der Waals surface area contributed by atoms with Crippen LogP contribution in [0, 0.1) is 10.1 Å². The van der Waals surface area contributed by atoms with Gasteiger partial charge in [0, 0.05) is 23.6 Å². The minimum Gasteiger partial charge on any atom is -0.489 e. The van der Waals surface area contributed by atoms with Crippen molar-refractivity contribution in [3.05, 3.63) is 34.4 Å². The summed E-state index contributed by atoms with van der Waals surface area (Å²) < 4.78 is 4.70. The lowest BCUT2D eigenvalue weighted by Crippen LogP contribution is -2.40. The molecule has 1 aromatic carbocycles. The van der Waals surface area contributed by atoms with Crippen LogP contribution in [0.2, 0.25) is 0 Å². The molecule has 0 radical (unpaired) electrons. The third-order valence-corrected chi connectivity index (χ3v) is 2.48. The van der Waals surface area contributed by atoms with Crippen molar-refractivity contribution in [1.82, 2.24) is 5.32 Å². The van der Waals surface area contributed by atoms with Crippen molar-refractivity contribution in [3.8, 4) is 0 Å². The third-order valence-electron chi connectivity index (χ3n) is 2.48. The Morgan fingerprint density at radius 2 is 2.28 bits per heavy atom. The zero-order chi connectivity index (χ0) is 13.1. The summed E-state index contributed by atoms with van der Waals surface area (Å²) in [6.45, 7) is 0. The quantitative estimate of drug-likeness (QED) is 0.450. The van der Waals surface area contributed by atoms with Crippen LogP contribution in [-0.4, -0.2) is 29.2 Å². The second-order valence-electron chi connectivity index (χ2n) is 4.03. The highest BCUT2D eigenvalue weighted by Gasteiger charge is 2.28. The number of nitro benzene ring substituents is 1. The fourth-order valence-corrected chi connectivity index (χ4v) is 1.39. The average Bonchev–Trinajstić information content (AvgIpc) is 3.12. The molecule has 7 nitrogen and oxygen atoms in total. The van der Waals surface area contributed by atoms with Crippen molar-refractivity contribution in [2.24, 2.45) is 0 Å². The molecule has 0 aromatic heterocycles. The van der Waals surface area contributed by atoms with Crippen LogP contribution in [-0.2, 0) is 4.65 Å². The van der Waals surface area contributed by atoms with E-state index in [1.54, 1.807) is 0 Å². The van der Waals surface area contributed by atoms with E-state index in [0.717, 1.165) is 18.9 Å². The fourth-order valence-electron chi connectivity index (χ4n) is 1.39. The number of hydrogen-bond acceptors (Lipinski definition) is 5. The molecule has 8 heteroatoms. The molecule has 0 heterocycles. The molecule has 0 aliphatic heterocycles. The molecule has 0 bridgehead atoms. The maximum atomic E-state index is 11.3. The molecule has 1 aliphatic carbocycles. The van der Waals surface area contributed by atoms with Crippen LogP contribution in [0.25, 0.3) is 0 Å². The Hall–Kier alpha value is -2.09. The Morgan fingerprint density at radius 1 is 1.56 bits per heavy atom. The third kappa shape index (κ3) is 3.20. The molecule has 94 valence electrons. The number of amides is 1. The molecule has 2 rings (SSSR count). The summed E-state index contributed by atoms with van der Waals surface area (Å²) in [4.78, 5) is 21.2. The van der Waals surface area contributed by atoms with Gasteiger partial charge in [0.15, 0.2) is 0 Å². The lowest BCUT2D eigenvalue weighted by molar-refractivity contribution is -0.384. The Balaban J connectivity index is 1.98. The van der Waals surface area contributed by atoms with Crippen molar-refractivity contribution in [2.75, 3.05) is 0 Å². The summed E-state index contributed by atoms with van der Waals surface area (Å²) in [7, 11) is -1.51. The van der Waals surface area contributed by atoms with Crippen LogP contribution < -0.4 is 10.8 Å².